The molecule has 3 nitrogen and oxygen atoms in total. The first kappa shape index (κ1) is 8.78. The van der Waals surface area contributed by atoms with E-state index in [9.17, 15) is 0 Å². The fourth-order valence-electron chi connectivity index (χ4n) is 1.60. The summed E-state index contributed by atoms with van der Waals surface area (Å²) in [5.41, 5.74) is 5.55. The highest BCUT2D eigenvalue weighted by atomic mass is 16.3. The van der Waals surface area contributed by atoms with Crippen LogP contribution >= 0.6 is 0 Å². The zero-order valence-electron chi connectivity index (χ0n) is 7.78. The molecule has 2 rings (SSSR count). The SMILES string of the molecule is NCCN(Cc1ccco1)C1CC1. The molecule has 0 amide bonds. The van der Waals surface area contributed by atoms with E-state index in [-0.39, 0.29) is 0 Å². The molecule has 0 saturated heterocycles. The second kappa shape index (κ2) is 3.94. The minimum Gasteiger partial charge on any atom is -0.468 e. The number of rotatable bonds is 5. The van der Waals surface area contributed by atoms with Gasteiger partial charge in [0.25, 0.3) is 0 Å². The maximum absolute atomic E-state index is 5.55. The Morgan fingerprint density at radius 3 is 2.92 bits per heavy atom. The van der Waals surface area contributed by atoms with Crippen LogP contribution in [0.5, 0.6) is 0 Å². The van der Waals surface area contributed by atoms with Gasteiger partial charge in [0.1, 0.15) is 5.76 Å². The third-order valence-electron chi connectivity index (χ3n) is 2.42. The molecule has 0 aromatic carbocycles. The number of nitrogens with two attached hydrogens (primary N) is 1. The Morgan fingerprint density at radius 2 is 2.38 bits per heavy atom. The van der Waals surface area contributed by atoms with E-state index in [0.717, 1.165) is 31.4 Å². The van der Waals surface area contributed by atoms with Crippen molar-refractivity contribution in [1.29, 1.82) is 0 Å². The van der Waals surface area contributed by atoms with Crippen LogP contribution in [-0.2, 0) is 6.54 Å². The summed E-state index contributed by atoms with van der Waals surface area (Å²) in [6.07, 6.45) is 4.37. The standard InChI is InChI=1S/C10H16N2O/c11-5-6-12(9-3-4-9)8-10-2-1-7-13-10/h1-2,7,9H,3-6,8,11H2. The first-order valence-corrected chi connectivity index (χ1v) is 4.86. The Balaban J connectivity index is 1.89. The number of furan rings is 1. The van der Waals surface area contributed by atoms with E-state index in [1.807, 2.05) is 12.1 Å². The van der Waals surface area contributed by atoms with Gasteiger partial charge in [0.15, 0.2) is 0 Å². The molecule has 1 aromatic rings. The first-order valence-electron chi connectivity index (χ1n) is 4.86. The third kappa shape index (κ3) is 2.32. The zero-order valence-corrected chi connectivity index (χ0v) is 7.78. The Kier molecular flexibility index (Phi) is 2.66. The molecule has 1 saturated carbocycles. The van der Waals surface area contributed by atoms with Crippen LogP contribution in [0.3, 0.4) is 0 Å². The number of hydrogen-bond donors (Lipinski definition) is 1. The lowest BCUT2D eigenvalue weighted by Crippen LogP contribution is -2.30. The summed E-state index contributed by atoms with van der Waals surface area (Å²) in [5, 5.41) is 0. The molecule has 72 valence electrons. The van der Waals surface area contributed by atoms with Gasteiger partial charge in [0.2, 0.25) is 0 Å². The quantitative estimate of drug-likeness (QED) is 0.740. The van der Waals surface area contributed by atoms with Crippen LogP contribution in [0.15, 0.2) is 22.8 Å². The van der Waals surface area contributed by atoms with Crippen LogP contribution in [-0.4, -0.2) is 24.0 Å². The monoisotopic (exact) mass is 180 g/mol. The van der Waals surface area contributed by atoms with Gasteiger partial charge in [-0.15, -0.1) is 0 Å². The molecular weight excluding hydrogens is 164 g/mol. The van der Waals surface area contributed by atoms with Crippen molar-refractivity contribution in [2.45, 2.75) is 25.4 Å². The molecule has 0 atom stereocenters. The molecule has 1 heterocycles. The molecule has 1 aromatic heterocycles. The third-order valence-corrected chi connectivity index (χ3v) is 2.42. The smallest absolute Gasteiger partial charge is 0.117 e. The Bertz CT molecular complexity index is 241. The van der Waals surface area contributed by atoms with Crippen LogP contribution in [0.25, 0.3) is 0 Å². The van der Waals surface area contributed by atoms with Gasteiger partial charge >= 0.3 is 0 Å². The summed E-state index contributed by atoms with van der Waals surface area (Å²) in [5.74, 6) is 1.04. The van der Waals surface area contributed by atoms with E-state index in [1.54, 1.807) is 6.26 Å². The van der Waals surface area contributed by atoms with Crippen LogP contribution < -0.4 is 5.73 Å². The molecular formula is C10H16N2O. The van der Waals surface area contributed by atoms with Gasteiger partial charge in [0, 0.05) is 19.1 Å². The molecule has 13 heavy (non-hydrogen) atoms. The molecule has 1 fully saturated rings. The van der Waals surface area contributed by atoms with Crippen molar-refractivity contribution in [3.05, 3.63) is 24.2 Å². The van der Waals surface area contributed by atoms with Gasteiger partial charge in [0.05, 0.1) is 12.8 Å². The van der Waals surface area contributed by atoms with Crippen molar-refractivity contribution in [1.82, 2.24) is 4.90 Å². The average molecular weight is 180 g/mol. The summed E-state index contributed by atoms with van der Waals surface area (Å²) in [4.78, 5) is 2.40. The fourth-order valence-corrected chi connectivity index (χ4v) is 1.60. The van der Waals surface area contributed by atoms with E-state index in [1.165, 1.54) is 12.8 Å². The van der Waals surface area contributed by atoms with Crippen molar-refractivity contribution >= 4 is 0 Å². The molecule has 1 aliphatic carbocycles. The van der Waals surface area contributed by atoms with Gasteiger partial charge in [-0.2, -0.15) is 0 Å². The largest absolute Gasteiger partial charge is 0.468 e. The molecule has 0 aliphatic heterocycles. The molecule has 2 N–H and O–H groups in total. The predicted octanol–water partition coefficient (Wildman–Crippen LogP) is 1.20. The fraction of sp³-hybridized carbons (Fsp3) is 0.600. The van der Waals surface area contributed by atoms with Crippen molar-refractivity contribution in [3.63, 3.8) is 0 Å². The Morgan fingerprint density at radius 1 is 1.54 bits per heavy atom. The number of hydrogen-bond acceptors (Lipinski definition) is 3. The van der Waals surface area contributed by atoms with Crippen LogP contribution in [0, 0.1) is 0 Å². The normalized spacial score (nSPS) is 16.8. The predicted molar refractivity (Wildman–Crippen MR) is 51.2 cm³/mol. The van der Waals surface area contributed by atoms with Gasteiger partial charge in [-0.05, 0) is 25.0 Å². The summed E-state index contributed by atoms with van der Waals surface area (Å²) in [7, 11) is 0. The lowest BCUT2D eigenvalue weighted by molar-refractivity contribution is 0.240. The highest BCUT2D eigenvalue weighted by Crippen LogP contribution is 2.27. The highest BCUT2D eigenvalue weighted by molar-refractivity contribution is 4.99. The van der Waals surface area contributed by atoms with Crippen molar-refractivity contribution in [2.75, 3.05) is 13.1 Å². The minimum atomic E-state index is 0.733. The highest BCUT2D eigenvalue weighted by Gasteiger charge is 2.28. The number of nitrogens with zero attached hydrogens (tertiary/aromatic N) is 1. The summed E-state index contributed by atoms with van der Waals surface area (Å²) < 4.78 is 5.31. The molecule has 3 heteroatoms. The lowest BCUT2D eigenvalue weighted by atomic mass is 10.3. The first-order chi connectivity index (χ1) is 6.40. The van der Waals surface area contributed by atoms with Crippen molar-refractivity contribution in [3.8, 4) is 0 Å². The van der Waals surface area contributed by atoms with Crippen LogP contribution in [0.4, 0.5) is 0 Å². The summed E-state index contributed by atoms with van der Waals surface area (Å²) >= 11 is 0. The molecule has 0 unspecified atom stereocenters. The van der Waals surface area contributed by atoms with Crippen LogP contribution in [0.2, 0.25) is 0 Å². The van der Waals surface area contributed by atoms with E-state index in [0.29, 0.717) is 0 Å². The zero-order chi connectivity index (χ0) is 9.10. The second-order valence-electron chi connectivity index (χ2n) is 3.57. The van der Waals surface area contributed by atoms with Gasteiger partial charge in [-0.3, -0.25) is 4.90 Å². The van der Waals surface area contributed by atoms with E-state index >= 15 is 0 Å². The molecule has 0 bridgehead atoms. The molecule has 0 radical (unpaired) electrons. The maximum atomic E-state index is 5.55. The molecule has 1 aliphatic rings. The van der Waals surface area contributed by atoms with Gasteiger partial charge in [-0.1, -0.05) is 0 Å². The average Bonchev–Trinajstić information content (AvgIpc) is 2.85. The van der Waals surface area contributed by atoms with Gasteiger partial charge in [-0.25, -0.2) is 0 Å². The summed E-state index contributed by atoms with van der Waals surface area (Å²) in [6.45, 7) is 2.62. The molecule has 0 spiro atoms. The second-order valence-corrected chi connectivity index (χ2v) is 3.57. The van der Waals surface area contributed by atoms with Crippen molar-refractivity contribution in [2.24, 2.45) is 5.73 Å². The topological polar surface area (TPSA) is 42.4 Å². The van der Waals surface area contributed by atoms with Crippen molar-refractivity contribution < 1.29 is 4.42 Å². The van der Waals surface area contributed by atoms with Gasteiger partial charge < -0.3 is 10.2 Å². The lowest BCUT2D eigenvalue weighted by Gasteiger charge is -2.19. The van der Waals surface area contributed by atoms with E-state index in [4.69, 9.17) is 10.2 Å². The maximum Gasteiger partial charge on any atom is 0.117 e. The summed E-state index contributed by atoms with van der Waals surface area (Å²) in [6, 6.07) is 4.71. The minimum absolute atomic E-state index is 0.733. The Hall–Kier alpha value is -0.800. The van der Waals surface area contributed by atoms with Crippen LogP contribution in [0.1, 0.15) is 18.6 Å². The Labute approximate surface area is 78.5 Å². The van der Waals surface area contributed by atoms with E-state index in [2.05, 4.69) is 4.90 Å². The van der Waals surface area contributed by atoms with E-state index < -0.39 is 0 Å².